The zero-order valence-corrected chi connectivity index (χ0v) is 16.6. The van der Waals surface area contributed by atoms with Gasteiger partial charge in [0.1, 0.15) is 12.2 Å². The number of hydrogen-bond donors (Lipinski definition) is 0. The number of hydrogen-bond acceptors (Lipinski definition) is 4. The normalized spacial score (nSPS) is 11.2. The first-order valence-corrected chi connectivity index (χ1v) is 9.21. The van der Waals surface area contributed by atoms with Gasteiger partial charge < -0.3 is 9.15 Å². The Hall–Kier alpha value is -2.30. The Balaban J connectivity index is 1.95. The summed E-state index contributed by atoms with van der Waals surface area (Å²) in [7, 11) is 0. The highest BCUT2D eigenvalue weighted by Gasteiger charge is 2.15. The van der Waals surface area contributed by atoms with Crippen molar-refractivity contribution in [1.82, 2.24) is 0 Å². The van der Waals surface area contributed by atoms with Crippen molar-refractivity contribution in [1.29, 1.82) is 0 Å². The van der Waals surface area contributed by atoms with E-state index in [2.05, 4.69) is 13.8 Å². The Morgan fingerprint density at radius 1 is 1.15 bits per heavy atom. The molecule has 0 N–H and O–H groups in total. The molecule has 0 aliphatic heterocycles. The smallest absolute Gasteiger partial charge is 0.339 e. The summed E-state index contributed by atoms with van der Waals surface area (Å²) >= 11 is 11.9. The van der Waals surface area contributed by atoms with Crippen LogP contribution < -0.4 is 5.63 Å². The predicted molar refractivity (Wildman–Crippen MR) is 107 cm³/mol. The van der Waals surface area contributed by atoms with E-state index in [-0.39, 0.29) is 17.2 Å². The summed E-state index contributed by atoms with van der Waals surface area (Å²) in [5, 5.41) is 1.39. The van der Waals surface area contributed by atoms with E-state index in [4.69, 9.17) is 32.4 Å². The zero-order valence-electron chi connectivity index (χ0n) is 15.1. The van der Waals surface area contributed by atoms with Gasteiger partial charge in [-0.3, -0.25) is 0 Å². The highest BCUT2D eigenvalue weighted by atomic mass is 35.5. The van der Waals surface area contributed by atoms with Gasteiger partial charge in [-0.2, -0.15) is 0 Å². The lowest BCUT2D eigenvalue weighted by Gasteiger charge is -2.13. The molecule has 3 aromatic rings. The number of fused-ring (bicyclic) bond motifs is 1. The third-order valence-corrected chi connectivity index (χ3v) is 4.90. The van der Waals surface area contributed by atoms with E-state index < -0.39 is 11.6 Å². The molecule has 1 heterocycles. The van der Waals surface area contributed by atoms with Gasteiger partial charge in [-0.15, -0.1) is 0 Å². The summed E-state index contributed by atoms with van der Waals surface area (Å²) in [6.07, 6.45) is 0. The minimum atomic E-state index is -0.589. The van der Waals surface area contributed by atoms with Crippen LogP contribution >= 0.6 is 23.2 Å². The molecule has 0 atom stereocenters. The van der Waals surface area contributed by atoms with E-state index in [9.17, 15) is 9.59 Å². The number of benzene rings is 2. The molecule has 0 aliphatic carbocycles. The van der Waals surface area contributed by atoms with Crippen LogP contribution in [0.3, 0.4) is 0 Å². The second-order valence-electron chi connectivity index (χ2n) is 6.65. The third kappa shape index (κ3) is 4.18. The minimum absolute atomic E-state index is 0.0690. The second kappa shape index (κ2) is 7.75. The number of rotatable bonds is 4. The second-order valence-corrected chi connectivity index (χ2v) is 7.49. The SMILES string of the molecule is Cc1cc2oc(=O)cc(COC(=O)c3ccc(Cl)cc3Cl)c2cc1C(C)C. The molecule has 0 aliphatic rings. The lowest BCUT2D eigenvalue weighted by Crippen LogP contribution is -2.09. The van der Waals surface area contributed by atoms with E-state index in [1.807, 2.05) is 19.1 Å². The molecule has 0 radical (unpaired) electrons. The fourth-order valence-corrected chi connectivity index (χ4v) is 3.49. The van der Waals surface area contributed by atoms with Crippen molar-refractivity contribution in [2.45, 2.75) is 33.3 Å². The molecular weight excluding hydrogens is 387 g/mol. The molecule has 140 valence electrons. The Morgan fingerprint density at radius 3 is 2.56 bits per heavy atom. The van der Waals surface area contributed by atoms with Gasteiger partial charge in [0.05, 0.1) is 10.6 Å². The van der Waals surface area contributed by atoms with Crippen molar-refractivity contribution in [3.8, 4) is 0 Å². The molecule has 0 unspecified atom stereocenters. The quantitative estimate of drug-likeness (QED) is 0.401. The molecule has 0 saturated carbocycles. The van der Waals surface area contributed by atoms with Gasteiger partial charge in [0.15, 0.2) is 0 Å². The van der Waals surface area contributed by atoms with Crippen LogP contribution in [0.5, 0.6) is 0 Å². The fraction of sp³-hybridized carbons (Fsp3) is 0.238. The van der Waals surface area contributed by atoms with E-state index in [1.54, 1.807) is 6.07 Å². The Labute approximate surface area is 166 Å². The average molecular weight is 405 g/mol. The van der Waals surface area contributed by atoms with Gasteiger partial charge in [0.2, 0.25) is 0 Å². The molecule has 0 fully saturated rings. The Kier molecular flexibility index (Phi) is 5.59. The van der Waals surface area contributed by atoms with Crippen molar-refractivity contribution < 1.29 is 13.9 Å². The number of ether oxygens (including phenoxy) is 1. The van der Waals surface area contributed by atoms with Crippen molar-refractivity contribution >= 4 is 40.1 Å². The Bertz CT molecular complexity index is 1080. The summed E-state index contributed by atoms with van der Waals surface area (Å²) in [5.74, 6) is -0.279. The van der Waals surface area contributed by atoms with Crippen LogP contribution in [0.4, 0.5) is 0 Å². The van der Waals surface area contributed by atoms with Gasteiger partial charge in [-0.05, 0) is 54.3 Å². The van der Waals surface area contributed by atoms with Crippen LogP contribution in [0.1, 0.15) is 46.8 Å². The molecule has 6 heteroatoms. The summed E-state index contributed by atoms with van der Waals surface area (Å²) in [5.41, 5.74) is 2.97. The Morgan fingerprint density at radius 2 is 1.89 bits per heavy atom. The van der Waals surface area contributed by atoms with Crippen LogP contribution in [-0.2, 0) is 11.3 Å². The number of carbonyl (C=O) groups excluding carboxylic acids is 1. The number of aryl methyl sites for hydroxylation is 1. The van der Waals surface area contributed by atoms with E-state index in [0.29, 0.717) is 22.1 Å². The summed E-state index contributed by atoms with van der Waals surface area (Å²) in [6, 6.07) is 9.71. The lowest BCUT2D eigenvalue weighted by atomic mass is 9.95. The van der Waals surface area contributed by atoms with Crippen molar-refractivity contribution in [3.63, 3.8) is 0 Å². The molecule has 1 aromatic heterocycles. The first-order valence-electron chi connectivity index (χ1n) is 8.45. The first kappa shape index (κ1) is 19.5. The summed E-state index contributed by atoms with van der Waals surface area (Å²) in [4.78, 5) is 24.2. The number of carbonyl (C=O) groups is 1. The molecule has 4 nitrogen and oxygen atoms in total. The molecule has 0 amide bonds. The molecule has 0 bridgehead atoms. The highest BCUT2D eigenvalue weighted by Crippen LogP contribution is 2.28. The van der Waals surface area contributed by atoms with Crippen LogP contribution in [0.25, 0.3) is 11.0 Å². The zero-order chi connectivity index (χ0) is 19.7. The minimum Gasteiger partial charge on any atom is -0.457 e. The van der Waals surface area contributed by atoms with Crippen molar-refractivity contribution in [2.24, 2.45) is 0 Å². The van der Waals surface area contributed by atoms with Crippen LogP contribution in [0, 0.1) is 6.92 Å². The third-order valence-electron chi connectivity index (χ3n) is 4.35. The van der Waals surface area contributed by atoms with Gasteiger partial charge in [0, 0.05) is 22.0 Å². The van der Waals surface area contributed by atoms with E-state index in [1.165, 1.54) is 18.2 Å². The molecule has 2 aromatic carbocycles. The standard InChI is InChI=1S/C21H18Cl2O4/c1-11(2)16-9-17-13(7-20(24)27-19(17)6-12(16)3)10-26-21(25)15-5-4-14(22)8-18(15)23/h4-9,11H,10H2,1-3H3. The molecule has 0 saturated heterocycles. The summed E-state index contributed by atoms with van der Waals surface area (Å²) < 4.78 is 10.7. The number of halogens is 2. The maximum atomic E-state index is 12.3. The highest BCUT2D eigenvalue weighted by molar-refractivity contribution is 6.36. The monoisotopic (exact) mass is 404 g/mol. The van der Waals surface area contributed by atoms with Gasteiger partial charge >= 0.3 is 11.6 Å². The molecule has 27 heavy (non-hydrogen) atoms. The van der Waals surface area contributed by atoms with Crippen molar-refractivity contribution in [3.05, 3.63) is 79.1 Å². The average Bonchev–Trinajstić information content (AvgIpc) is 2.58. The lowest BCUT2D eigenvalue weighted by molar-refractivity contribution is 0.0474. The molecule has 0 spiro atoms. The van der Waals surface area contributed by atoms with Gasteiger partial charge in [0.25, 0.3) is 0 Å². The van der Waals surface area contributed by atoms with Gasteiger partial charge in [-0.25, -0.2) is 9.59 Å². The fourth-order valence-electron chi connectivity index (χ4n) is 3.01. The van der Waals surface area contributed by atoms with Crippen LogP contribution in [0.15, 0.2) is 45.6 Å². The summed E-state index contributed by atoms with van der Waals surface area (Å²) in [6.45, 7) is 6.09. The topological polar surface area (TPSA) is 56.5 Å². The van der Waals surface area contributed by atoms with Crippen LogP contribution in [0.2, 0.25) is 10.0 Å². The molecule has 3 rings (SSSR count). The molecular formula is C21H18Cl2O4. The van der Waals surface area contributed by atoms with E-state index in [0.717, 1.165) is 16.5 Å². The van der Waals surface area contributed by atoms with Crippen LogP contribution in [-0.4, -0.2) is 5.97 Å². The van der Waals surface area contributed by atoms with Crippen molar-refractivity contribution in [2.75, 3.05) is 0 Å². The predicted octanol–water partition coefficient (Wildman–Crippen LogP) is 5.89. The maximum absolute atomic E-state index is 12.3. The van der Waals surface area contributed by atoms with E-state index >= 15 is 0 Å². The van der Waals surface area contributed by atoms with Gasteiger partial charge in [-0.1, -0.05) is 37.0 Å². The largest absolute Gasteiger partial charge is 0.457 e. The maximum Gasteiger partial charge on any atom is 0.339 e. The first-order chi connectivity index (χ1) is 12.8. The number of esters is 1.